The topological polar surface area (TPSA) is 72.9 Å². The molecule has 0 saturated carbocycles. The van der Waals surface area contributed by atoms with E-state index < -0.39 is 28.2 Å². The van der Waals surface area contributed by atoms with Crippen LogP contribution in [0.25, 0.3) is 5.70 Å². The number of hydrogen-bond acceptors (Lipinski definition) is 5. The molecule has 2 atom stereocenters. The Morgan fingerprint density at radius 3 is 2.67 bits per heavy atom. The van der Waals surface area contributed by atoms with Crippen LogP contribution in [0.3, 0.4) is 0 Å². The molecule has 0 fully saturated rings. The van der Waals surface area contributed by atoms with Crippen LogP contribution in [0.4, 0.5) is 0 Å². The molecule has 27 heavy (non-hydrogen) atoms. The Hall–Kier alpha value is -2.32. The van der Waals surface area contributed by atoms with Gasteiger partial charge in [0.25, 0.3) is 0 Å². The Morgan fingerprint density at radius 2 is 1.96 bits per heavy atom. The van der Waals surface area contributed by atoms with Crippen LogP contribution in [0.15, 0.2) is 59.1 Å². The quantitative estimate of drug-likeness (QED) is 0.668. The van der Waals surface area contributed by atoms with E-state index in [-0.39, 0.29) is 12.4 Å². The van der Waals surface area contributed by atoms with Crippen molar-refractivity contribution in [1.82, 2.24) is 4.31 Å². The minimum atomic E-state index is -4.12. The van der Waals surface area contributed by atoms with Crippen molar-refractivity contribution in [1.29, 1.82) is 0 Å². The summed E-state index contributed by atoms with van der Waals surface area (Å²) in [6.07, 6.45) is 1.65. The monoisotopic (exact) mass is 449 g/mol. The molecule has 0 spiro atoms. The van der Waals surface area contributed by atoms with Crippen LogP contribution < -0.4 is 4.18 Å². The second-order valence-electron chi connectivity index (χ2n) is 6.16. The number of esters is 1. The van der Waals surface area contributed by atoms with Gasteiger partial charge in [-0.2, -0.15) is 8.42 Å². The number of benzene rings is 2. The Balaban J connectivity index is 1.92. The lowest BCUT2D eigenvalue weighted by atomic mass is 9.95. The van der Waals surface area contributed by atoms with Gasteiger partial charge in [-0.3, -0.25) is 4.79 Å². The first-order valence-electron chi connectivity index (χ1n) is 8.39. The fourth-order valence-electron chi connectivity index (χ4n) is 3.46. The van der Waals surface area contributed by atoms with Crippen molar-refractivity contribution in [2.75, 3.05) is 6.61 Å². The number of hydrogen-bond donors (Lipinski definition) is 0. The number of nitrogens with zero attached hydrogens (tertiary/aromatic N) is 1. The number of ether oxygens (including phenoxy) is 1. The average molecular weight is 450 g/mol. The van der Waals surface area contributed by atoms with Gasteiger partial charge in [-0.15, -0.1) is 0 Å². The van der Waals surface area contributed by atoms with Gasteiger partial charge in [-0.05, 0) is 36.8 Å². The summed E-state index contributed by atoms with van der Waals surface area (Å²) in [5, 5.41) is 0. The molecule has 0 unspecified atom stereocenters. The van der Waals surface area contributed by atoms with Crippen LogP contribution in [0.5, 0.6) is 5.75 Å². The van der Waals surface area contributed by atoms with E-state index in [2.05, 4.69) is 15.9 Å². The van der Waals surface area contributed by atoms with Gasteiger partial charge < -0.3 is 8.92 Å². The maximum Gasteiger partial charge on any atom is 0.410 e. The molecule has 0 amide bonds. The summed E-state index contributed by atoms with van der Waals surface area (Å²) in [6.45, 7) is 1.93. The zero-order chi connectivity index (χ0) is 19.2. The number of halogens is 1. The van der Waals surface area contributed by atoms with Crippen molar-refractivity contribution < 1.29 is 22.1 Å². The second kappa shape index (κ2) is 6.69. The van der Waals surface area contributed by atoms with Crippen molar-refractivity contribution in [3.05, 3.63) is 70.2 Å². The highest BCUT2D eigenvalue weighted by molar-refractivity contribution is 9.10. The van der Waals surface area contributed by atoms with E-state index in [1.807, 2.05) is 6.07 Å². The molecule has 0 aromatic heterocycles. The highest BCUT2D eigenvalue weighted by atomic mass is 79.9. The second-order valence-corrected chi connectivity index (χ2v) is 8.49. The molecule has 140 valence electrons. The summed E-state index contributed by atoms with van der Waals surface area (Å²) >= 11 is 3.40. The van der Waals surface area contributed by atoms with E-state index in [9.17, 15) is 13.2 Å². The van der Waals surface area contributed by atoms with E-state index in [0.29, 0.717) is 16.8 Å². The van der Waals surface area contributed by atoms with E-state index in [1.165, 1.54) is 4.31 Å². The predicted octanol–water partition coefficient (Wildman–Crippen LogP) is 3.66. The zero-order valence-corrected chi connectivity index (χ0v) is 16.7. The van der Waals surface area contributed by atoms with Gasteiger partial charge in [0.1, 0.15) is 5.92 Å². The Bertz CT molecular complexity index is 1040. The maximum atomic E-state index is 12.9. The van der Waals surface area contributed by atoms with Gasteiger partial charge in [-0.25, -0.2) is 4.31 Å². The number of fused-ring (bicyclic) bond motifs is 3. The van der Waals surface area contributed by atoms with Crippen molar-refractivity contribution in [3.8, 4) is 5.75 Å². The van der Waals surface area contributed by atoms with Crippen molar-refractivity contribution in [3.63, 3.8) is 0 Å². The van der Waals surface area contributed by atoms with Crippen molar-refractivity contribution in [2.45, 2.75) is 13.0 Å². The van der Waals surface area contributed by atoms with E-state index in [4.69, 9.17) is 8.92 Å². The van der Waals surface area contributed by atoms with E-state index >= 15 is 0 Å². The summed E-state index contributed by atoms with van der Waals surface area (Å²) in [5.41, 5.74) is 1.71. The van der Waals surface area contributed by atoms with Crippen LogP contribution in [-0.2, 0) is 19.8 Å². The normalized spacial score (nSPS) is 22.3. The zero-order valence-electron chi connectivity index (χ0n) is 14.3. The van der Waals surface area contributed by atoms with Crippen LogP contribution in [0.1, 0.15) is 24.1 Å². The van der Waals surface area contributed by atoms with Crippen LogP contribution in [0, 0.1) is 5.92 Å². The minimum absolute atomic E-state index is 0.214. The summed E-state index contributed by atoms with van der Waals surface area (Å²) in [5.74, 6) is -1.01. The molecule has 2 aromatic carbocycles. The standard InChI is InChI=1S/C19H16BrNO5S/c1-2-25-19(22)15-11-16-14-10-13(20)8-9-17(14)26-27(23,24)21(16)18(15)12-6-4-3-5-7-12/h3-11,15,18H,2H2,1H3/t15-,18+/m1/s1. The molecule has 6 nitrogen and oxygen atoms in total. The third-order valence-electron chi connectivity index (χ3n) is 4.52. The van der Waals surface area contributed by atoms with Crippen LogP contribution >= 0.6 is 15.9 Å². The molecule has 2 aliphatic heterocycles. The Morgan fingerprint density at radius 1 is 1.22 bits per heavy atom. The molecule has 0 bridgehead atoms. The van der Waals surface area contributed by atoms with Crippen molar-refractivity contribution >= 4 is 37.9 Å². The van der Waals surface area contributed by atoms with Crippen molar-refractivity contribution in [2.24, 2.45) is 5.92 Å². The molecule has 0 N–H and O–H groups in total. The highest BCUT2D eigenvalue weighted by Gasteiger charge is 2.50. The first kappa shape index (κ1) is 18.1. The Labute approximate surface area is 165 Å². The molecule has 2 aromatic rings. The molecular weight excluding hydrogens is 434 g/mol. The largest absolute Gasteiger partial charge is 0.465 e. The molecule has 2 aliphatic rings. The first-order chi connectivity index (χ1) is 12.9. The SMILES string of the molecule is CCOC(=O)[C@@H]1C=C2c3cc(Br)ccc3OS(=O)(=O)N2[C@H]1c1ccccc1. The third kappa shape index (κ3) is 3.02. The fourth-order valence-corrected chi connectivity index (χ4v) is 5.20. The lowest BCUT2D eigenvalue weighted by Crippen LogP contribution is -2.39. The summed E-state index contributed by atoms with van der Waals surface area (Å²) in [7, 11) is -4.12. The molecule has 0 aliphatic carbocycles. The molecule has 0 radical (unpaired) electrons. The van der Waals surface area contributed by atoms with Gasteiger partial charge in [0, 0.05) is 10.0 Å². The minimum Gasteiger partial charge on any atom is -0.465 e. The van der Waals surface area contributed by atoms with E-state index in [1.54, 1.807) is 55.5 Å². The molecular formula is C19H16BrNO5S. The number of carbonyl (C=O) groups is 1. The van der Waals surface area contributed by atoms with Gasteiger partial charge in [0.2, 0.25) is 0 Å². The van der Waals surface area contributed by atoms with Gasteiger partial charge in [-0.1, -0.05) is 46.3 Å². The summed E-state index contributed by atoms with van der Waals surface area (Å²) in [4.78, 5) is 12.6. The molecule has 0 saturated heterocycles. The lowest BCUT2D eigenvalue weighted by Gasteiger charge is -2.34. The van der Waals surface area contributed by atoms with E-state index in [0.717, 1.165) is 4.47 Å². The average Bonchev–Trinajstić information content (AvgIpc) is 3.05. The molecule has 2 heterocycles. The lowest BCUT2D eigenvalue weighted by molar-refractivity contribution is -0.147. The smallest absolute Gasteiger partial charge is 0.410 e. The molecule has 4 rings (SSSR count). The summed E-state index contributed by atoms with van der Waals surface area (Å²) in [6, 6.07) is 13.3. The Kier molecular flexibility index (Phi) is 4.47. The maximum absolute atomic E-state index is 12.9. The number of rotatable bonds is 3. The van der Waals surface area contributed by atoms with Gasteiger partial charge in [0.05, 0.1) is 18.3 Å². The van der Waals surface area contributed by atoms with Gasteiger partial charge in [0.15, 0.2) is 5.75 Å². The third-order valence-corrected chi connectivity index (χ3v) is 6.31. The van der Waals surface area contributed by atoms with Gasteiger partial charge >= 0.3 is 16.3 Å². The number of carbonyl (C=O) groups excluding carboxylic acids is 1. The van der Waals surface area contributed by atoms with Crippen LogP contribution in [0.2, 0.25) is 0 Å². The fraction of sp³-hybridized carbons (Fsp3) is 0.211. The molecule has 8 heteroatoms. The summed E-state index contributed by atoms with van der Waals surface area (Å²) < 4.78 is 38.3. The highest BCUT2D eigenvalue weighted by Crippen LogP contribution is 2.50. The predicted molar refractivity (Wildman–Crippen MR) is 103 cm³/mol. The first-order valence-corrected chi connectivity index (χ1v) is 10.6. The van der Waals surface area contributed by atoms with Crippen LogP contribution in [-0.4, -0.2) is 25.3 Å².